The standard InChI is InChI=1S/C24H19FN4O5/c25-17-4-2-1-3-13(17)15-7-12(14(24(33)34)10-20(30)31)8-16(21(15)32)23-28-18-6-5-11(22(26)27)9-19(18)29-23/h1-9,14,23,32H,10H2,(H3,26,27)(H,30,31)(H,33,34)/p-1/t14-,23?/m1/s1. The molecule has 0 radical (unpaired) electrons. The Morgan fingerprint density at radius 2 is 1.85 bits per heavy atom. The zero-order valence-electron chi connectivity index (χ0n) is 17.6. The van der Waals surface area contributed by atoms with Crippen molar-refractivity contribution in [3.05, 3.63) is 87.8 Å². The van der Waals surface area contributed by atoms with Gasteiger partial charge in [0.15, 0.2) is 0 Å². The highest BCUT2D eigenvalue weighted by atomic mass is 19.1. The molecule has 1 aliphatic rings. The van der Waals surface area contributed by atoms with Gasteiger partial charge in [0.25, 0.3) is 12.0 Å². The highest BCUT2D eigenvalue weighted by Gasteiger charge is 2.25. The molecule has 10 heteroatoms. The third kappa shape index (κ3) is 4.20. The van der Waals surface area contributed by atoms with Crippen molar-refractivity contribution in [1.82, 2.24) is 0 Å². The van der Waals surface area contributed by atoms with Crippen LogP contribution in [0.15, 0.2) is 59.6 Å². The highest BCUT2D eigenvalue weighted by molar-refractivity contribution is 5.92. The van der Waals surface area contributed by atoms with E-state index in [0.717, 1.165) is 12.1 Å². The minimum atomic E-state index is -1.67. The number of hydrogen-bond acceptors (Lipinski definition) is 6. The summed E-state index contributed by atoms with van der Waals surface area (Å²) in [6.07, 6.45) is -1.84. The van der Waals surface area contributed by atoms with Crippen LogP contribution in [-0.2, 0) is 9.59 Å². The van der Waals surface area contributed by atoms with Crippen LogP contribution in [0.2, 0.25) is 0 Å². The first-order valence-corrected chi connectivity index (χ1v) is 10.2. The molecule has 2 atom stereocenters. The summed E-state index contributed by atoms with van der Waals surface area (Å²) in [5.41, 5.74) is 5.91. The smallest absolute Gasteiger partial charge is 0.271 e. The summed E-state index contributed by atoms with van der Waals surface area (Å²) in [6.45, 7) is 0. The van der Waals surface area contributed by atoms with Gasteiger partial charge in [0, 0.05) is 35.0 Å². The Balaban J connectivity index is 1.94. The van der Waals surface area contributed by atoms with Gasteiger partial charge in [0.1, 0.15) is 11.2 Å². The lowest BCUT2D eigenvalue weighted by Crippen LogP contribution is -2.76. The molecule has 3 aromatic carbocycles. The van der Waals surface area contributed by atoms with E-state index in [2.05, 4.69) is 9.98 Å². The summed E-state index contributed by atoms with van der Waals surface area (Å²) >= 11 is 0. The van der Waals surface area contributed by atoms with E-state index in [1.807, 2.05) is 0 Å². The van der Waals surface area contributed by atoms with Crippen molar-refractivity contribution in [1.29, 1.82) is 0 Å². The van der Waals surface area contributed by atoms with E-state index in [9.17, 15) is 29.3 Å². The van der Waals surface area contributed by atoms with E-state index in [-0.39, 0.29) is 28.1 Å². The number of carbonyl (C=O) groups excluding carboxylic acids is 2. The molecule has 1 heterocycles. The highest BCUT2D eigenvalue weighted by Crippen LogP contribution is 2.37. The Morgan fingerprint density at radius 1 is 1.12 bits per heavy atom. The maximum Gasteiger partial charge on any atom is 0.271 e. The van der Waals surface area contributed by atoms with Crippen LogP contribution >= 0.6 is 0 Å². The van der Waals surface area contributed by atoms with Crippen LogP contribution in [0.25, 0.3) is 11.1 Å². The Morgan fingerprint density at radius 3 is 2.50 bits per heavy atom. The van der Waals surface area contributed by atoms with Gasteiger partial charge in [0.05, 0.1) is 5.56 Å². The molecule has 0 amide bonds. The Bertz CT molecular complexity index is 1470. The number of nitrogens with two attached hydrogens (primary N) is 2. The molecule has 0 saturated heterocycles. The van der Waals surface area contributed by atoms with E-state index < -0.39 is 42.0 Å². The second-order valence-corrected chi connectivity index (χ2v) is 7.78. The second-order valence-electron chi connectivity index (χ2n) is 7.78. The largest absolute Gasteiger partial charge is 0.872 e. The molecule has 0 fully saturated rings. The third-order valence-corrected chi connectivity index (χ3v) is 5.55. The van der Waals surface area contributed by atoms with Gasteiger partial charge >= 0.3 is 0 Å². The fraction of sp³-hybridized carbons (Fsp3) is 0.125. The summed E-state index contributed by atoms with van der Waals surface area (Å²) in [5.74, 6) is -6.14. The molecule has 3 aromatic rings. The molecule has 4 rings (SSSR count). The van der Waals surface area contributed by atoms with Crippen molar-refractivity contribution in [3.8, 4) is 16.9 Å². The number of benzene rings is 3. The average Bonchev–Trinajstić information content (AvgIpc) is 3.21. The topological polar surface area (TPSA) is 181 Å². The first-order chi connectivity index (χ1) is 16.2. The van der Waals surface area contributed by atoms with Crippen molar-refractivity contribution in [2.75, 3.05) is 0 Å². The number of nitrogens with zero attached hydrogens (tertiary/aromatic N) is 1. The van der Waals surface area contributed by atoms with Crippen LogP contribution in [-0.4, -0.2) is 17.8 Å². The second kappa shape index (κ2) is 8.74. The zero-order chi connectivity index (χ0) is 24.6. The van der Waals surface area contributed by atoms with Gasteiger partial charge in [-0.05, 0) is 41.8 Å². The quantitative estimate of drug-likeness (QED) is 0.234. The molecule has 1 unspecified atom stereocenters. The maximum atomic E-state index is 14.6. The number of carbonyl (C=O) groups is 2. The van der Waals surface area contributed by atoms with Gasteiger partial charge < -0.3 is 24.9 Å². The van der Waals surface area contributed by atoms with Crippen molar-refractivity contribution >= 4 is 17.8 Å². The number of hydrogen-bond donors (Lipinski definition) is 3. The lowest BCUT2D eigenvalue weighted by atomic mass is 9.89. The predicted octanol–water partition coefficient (Wildman–Crippen LogP) is -4.96. The molecule has 0 spiro atoms. The fourth-order valence-electron chi connectivity index (χ4n) is 3.87. The van der Waals surface area contributed by atoms with Gasteiger partial charge in [-0.25, -0.2) is 14.4 Å². The Labute approximate surface area is 191 Å². The molecule has 0 bridgehead atoms. The molecule has 0 aliphatic carbocycles. The van der Waals surface area contributed by atoms with E-state index in [1.54, 1.807) is 18.2 Å². The molecular formula is C24H18FN4O5-. The minimum absolute atomic E-state index is 0.00259. The van der Waals surface area contributed by atoms with Crippen molar-refractivity contribution in [2.45, 2.75) is 18.5 Å². The summed E-state index contributed by atoms with van der Waals surface area (Å²) in [6, 6.07) is 12.8. The van der Waals surface area contributed by atoms with E-state index >= 15 is 0 Å². The monoisotopic (exact) mass is 461 g/mol. The number of amidine groups is 1. The van der Waals surface area contributed by atoms with Crippen LogP contribution in [0.1, 0.15) is 35.2 Å². The number of rotatable bonds is 7. The minimum Gasteiger partial charge on any atom is -0.872 e. The number of fused-ring (bicyclic) bond motifs is 1. The first-order valence-electron chi connectivity index (χ1n) is 10.2. The molecule has 34 heavy (non-hydrogen) atoms. The average molecular weight is 461 g/mol. The normalized spacial score (nSPS) is 15.0. The summed E-state index contributed by atoms with van der Waals surface area (Å²) in [4.78, 5) is 30.4. The first kappa shape index (κ1) is 22.6. The Hall–Kier alpha value is -4.60. The van der Waals surface area contributed by atoms with Crippen LogP contribution in [0.5, 0.6) is 5.75 Å². The zero-order valence-corrected chi connectivity index (χ0v) is 17.6. The summed E-state index contributed by atoms with van der Waals surface area (Å²) < 4.78 is 14.6. The Kier molecular flexibility index (Phi) is 5.80. The van der Waals surface area contributed by atoms with Crippen molar-refractivity contribution in [3.63, 3.8) is 0 Å². The lowest BCUT2D eigenvalue weighted by Gasteiger charge is -2.25. The molecular weight excluding hydrogens is 443 g/mol. The SMILES string of the molecule is NC(=[NH2+])c1ccc2c(c1)=NC(c1cc([C@@H](CC(=O)[O-])C(=O)[O-])cc(-c3ccccc3F)c1[O-])[NH+]=2. The summed E-state index contributed by atoms with van der Waals surface area (Å²) in [5, 5.41) is 42.9. The van der Waals surface area contributed by atoms with E-state index in [1.165, 1.54) is 24.3 Å². The summed E-state index contributed by atoms with van der Waals surface area (Å²) in [7, 11) is 0. The van der Waals surface area contributed by atoms with Gasteiger partial charge in [-0.1, -0.05) is 30.0 Å². The molecule has 0 saturated carbocycles. The van der Waals surface area contributed by atoms with Gasteiger partial charge in [-0.2, -0.15) is 0 Å². The molecule has 1 aliphatic heterocycles. The molecule has 9 nitrogen and oxygen atoms in total. The van der Waals surface area contributed by atoms with Gasteiger partial charge in [0.2, 0.25) is 5.36 Å². The van der Waals surface area contributed by atoms with Crippen LogP contribution in [0.4, 0.5) is 4.39 Å². The molecule has 172 valence electrons. The van der Waals surface area contributed by atoms with Crippen LogP contribution in [0.3, 0.4) is 0 Å². The molecule has 5 N–H and O–H groups in total. The van der Waals surface area contributed by atoms with Crippen molar-refractivity contribution in [2.24, 2.45) is 10.7 Å². The van der Waals surface area contributed by atoms with E-state index in [0.29, 0.717) is 16.3 Å². The van der Waals surface area contributed by atoms with E-state index in [4.69, 9.17) is 11.1 Å². The lowest BCUT2D eigenvalue weighted by molar-refractivity contribution is -0.542. The fourth-order valence-corrected chi connectivity index (χ4v) is 3.87. The number of carboxylic acids is 2. The predicted molar refractivity (Wildman–Crippen MR) is 109 cm³/mol. The third-order valence-electron chi connectivity index (χ3n) is 5.55. The van der Waals surface area contributed by atoms with Crippen molar-refractivity contribution < 1.29 is 39.7 Å². The number of nitrogens with one attached hydrogen (secondary N) is 1. The number of carboxylic acid groups (broad SMARTS) is 2. The van der Waals surface area contributed by atoms with Crippen LogP contribution < -0.4 is 42.2 Å². The van der Waals surface area contributed by atoms with Crippen LogP contribution in [0, 0.1) is 5.82 Å². The van der Waals surface area contributed by atoms with Gasteiger partial charge in [-0.3, -0.25) is 11.1 Å². The molecule has 0 aromatic heterocycles. The van der Waals surface area contributed by atoms with Gasteiger partial charge in [-0.15, -0.1) is 0 Å². The number of aliphatic carboxylic acids is 2. The number of halogens is 1. The maximum absolute atomic E-state index is 14.6.